The molecule has 1 amide bonds. The summed E-state index contributed by atoms with van der Waals surface area (Å²) >= 11 is 0. The number of hydrogen-bond donors (Lipinski definition) is 2. The van der Waals surface area contributed by atoms with Gasteiger partial charge in [0, 0.05) is 30.9 Å². The highest BCUT2D eigenvalue weighted by molar-refractivity contribution is 5.94. The van der Waals surface area contributed by atoms with Crippen molar-refractivity contribution in [2.75, 3.05) is 25.4 Å². The second-order valence-electron chi connectivity index (χ2n) is 4.54. The van der Waals surface area contributed by atoms with E-state index in [-0.39, 0.29) is 12.5 Å². The van der Waals surface area contributed by atoms with Crippen molar-refractivity contribution in [3.63, 3.8) is 0 Å². The lowest BCUT2D eigenvalue weighted by Crippen LogP contribution is -2.28. The van der Waals surface area contributed by atoms with Gasteiger partial charge in [-0.25, -0.2) is 0 Å². The standard InChI is InChI=1S/C13H18N2O2/c14-12-3-1-11(2-4-12)13(17)15-7-5-10(9-15)6-8-16/h1-4,10,16H,5-9,14H2. The van der Waals surface area contributed by atoms with E-state index in [1.807, 2.05) is 4.90 Å². The predicted molar refractivity (Wildman–Crippen MR) is 66.6 cm³/mol. The largest absolute Gasteiger partial charge is 0.399 e. The van der Waals surface area contributed by atoms with Crippen LogP contribution in [0.15, 0.2) is 24.3 Å². The van der Waals surface area contributed by atoms with Crippen LogP contribution in [0.1, 0.15) is 23.2 Å². The number of anilines is 1. The molecule has 1 fully saturated rings. The summed E-state index contributed by atoms with van der Waals surface area (Å²) in [5, 5.41) is 8.88. The SMILES string of the molecule is Nc1ccc(C(=O)N2CCC(CCO)C2)cc1. The quantitative estimate of drug-likeness (QED) is 0.770. The molecule has 92 valence electrons. The van der Waals surface area contributed by atoms with Crippen LogP contribution in [0.5, 0.6) is 0 Å². The molecule has 17 heavy (non-hydrogen) atoms. The lowest BCUT2D eigenvalue weighted by atomic mass is 10.1. The number of nitrogens with zero attached hydrogens (tertiary/aromatic N) is 1. The van der Waals surface area contributed by atoms with Crippen LogP contribution in [0, 0.1) is 5.92 Å². The van der Waals surface area contributed by atoms with Gasteiger partial charge in [0.1, 0.15) is 0 Å². The van der Waals surface area contributed by atoms with Crippen molar-refractivity contribution in [1.29, 1.82) is 0 Å². The second kappa shape index (κ2) is 5.19. The Labute approximate surface area is 101 Å². The Bertz CT molecular complexity index is 389. The van der Waals surface area contributed by atoms with Crippen molar-refractivity contribution < 1.29 is 9.90 Å². The van der Waals surface area contributed by atoms with E-state index in [0.29, 0.717) is 17.2 Å². The Balaban J connectivity index is 1.99. The summed E-state index contributed by atoms with van der Waals surface area (Å²) in [6.07, 6.45) is 1.77. The number of nitrogen functional groups attached to an aromatic ring is 1. The highest BCUT2D eigenvalue weighted by Crippen LogP contribution is 2.21. The third-order valence-corrected chi connectivity index (χ3v) is 3.27. The minimum Gasteiger partial charge on any atom is -0.399 e. The molecule has 0 radical (unpaired) electrons. The molecule has 1 aromatic carbocycles. The predicted octanol–water partition coefficient (Wildman–Crippen LogP) is 1.11. The molecule has 4 heteroatoms. The van der Waals surface area contributed by atoms with Crippen molar-refractivity contribution in [3.05, 3.63) is 29.8 Å². The molecule has 1 aliphatic heterocycles. The van der Waals surface area contributed by atoms with Crippen LogP contribution >= 0.6 is 0 Å². The van der Waals surface area contributed by atoms with E-state index in [1.54, 1.807) is 24.3 Å². The second-order valence-corrected chi connectivity index (χ2v) is 4.54. The maximum Gasteiger partial charge on any atom is 0.253 e. The van der Waals surface area contributed by atoms with E-state index in [2.05, 4.69) is 0 Å². The van der Waals surface area contributed by atoms with Gasteiger partial charge in [-0.15, -0.1) is 0 Å². The number of amides is 1. The van der Waals surface area contributed by atoms with Gasteiger partial charge in [-0.2, -0.15) is 0 Å². The molecule has 1 aromatic rings. The number of rotatable bonds is 3. The first-order valence-corrected chi connectivity index (χ1v) is 5.96. The lowest BCUT2D eigenvalue weighted by Gasteiger charge is -2.16. The molecule has 0 bridgehead atoms. The van der Waals surface area contributed by atoms with E-state index in [9.17, 15) is 4.79 Å². The zero-order valence-corrected chi connectivity index (χ0v) is 9.80. The van der Waals surface area contributed by atoms with Crippen molar-refractivity contribution in [3.8, 4) is 0 Å². The minimum atomic E-state index is 0.0606. The number of likely N-dealkylation sites (tertiary alicyclic amines) is 1. The molecule has 0 aromatic heterocycles. The Morgan fingerprint density at radius 1 is 1.41 bits per heavy atom. The average Bonchev–Trinajstić information content (AvgIpc) is 2.78. The fourth-order valence-electron chi connectivity index (χ4n) is 2.24. The third kappa shape index (κ3) is 2.77. The summed E-state index contributed by atoms with van der Waals surface area (Å²) in [6, 6.07) is 7.01. The lowest BCUT2D eigenvalue weighted by molar-refractivity contribution is 0.0785. The summed E-state index contributed by atoms with van der Waals surface area (Å²) in [5.74, 6) is 0.503. The molecule has 1 heterocycles. The summed E-state index contributed by atoms with van der Waals surface area (Å²) in [7, 11) is 0. The van der Waals surface area contributed by atoms with Gasteiger partial charge in [0.15, 0.2) is 0 Å². The average molecular weight is 234 g/mol. The molecule has 1 aliphatic rings. The van der Waals surface area contributed by atoms with Crippen LogP contribution in [-0.4, -0.2) is 35.6 Å². The first-order chi connectivity index (χ1) is 8.20. The van der Waals surface area contributed by atoms with E-state index in [0.717, 1.165) is 25.9 Å². The van der Waals surface area contributed by atoms with Gasteiger partial charge in [0.25, 0.3) is 5.91 Å². The van der Waals surface area contributed by atoms with Crippen LogP contribution in [-0.2, 0) is 0 Å². The molecule has 1 unspecified atom stereocenters. The zero-order valence-electron chi connectivity index (χ0n) is 9.80. The van der Waals surface area contributed by atoms with Crippen LogP contribution < -0.4 is 5.73 Å². The van der Waals surface area contributed by atoms with Gasteiger partial charge >= 0.3 is 0 Å². The Morgan fingerprint density at radius 2 is 2.12 bits per heavy atom. The first kappa shape index (κ1) is 11.9. The number of aliphatic hydroxyl groups is 1. The summed E-state index contributed by atoms with van der Waals surface area (Å²) in [4.78, 5) is 14.0. The number of aliphatic hydroxyl groups excluding tert-OH is 1. The molecule has 1 saturated heterocycles. The fourth-order valence-corrected chi connectivity index (χ4v) is 2.24. The van der Waals surface area contributed by atoms with Gasteiger partial charge in [0.2, 0.25) is 0 Å². The first-order valence-electron chi connectivity index (χ1n) is 5.96. The minimum absolute atomic E-state index is 0.0606. The Kier molecular flexibility index (Phi) is 3.64. The maximum absolute atomic E-state index is 12.1. The molecule has 4 nitrogen and oxygen atoms in total. The van der Waals surface area contributed by atoms with Crippen molar-refractivity contribution in [2.45, 2.75) is 12.8 Å². The monoisotopic (exact) mass is 234 g/mol. The zero-order chi connectivity index (χ0) is 12.3. The third-order valence-electron chi connectivity index (χ3n) is 3.27. The Hall–Kier alpha value is -1.55. The molecule has 0 spiro atoms. The van der Waals surface area contributed by atoms with E-state index in [4.69, 9.17) is 10.8 Å². The smallest absolute Gasteiger partial charge is 0.253 e. The fraction of sp³-hybridized carbons (Fsp3) is 0.462. The highest BCUT2D eigenvalue weighted by atomic mass is 16.3. The van der Waals surface area contributed by atoms with Crippen molar-refractivity contribution in [2.24, 2.45) is 5.92 Å². The molecular formula is C13H18N2O2. The van der Waals surface area contributed by atoms with Crippen LogP contribution in [0.25, 0.3) is 0 Å². The van der Waals surface area contributed by atoms with Crippen LogP contribution in [0.2, 0.25) is 0 Å². The molecule has 0 saturated carbocycles. The van der Waals surface area contributed by atoms with Gasteiger partial charge in [-0.1, -0.05) is 0 Å². The van der Waals surface area contributed by atoms with Crippen LogP contribution in [0.3, 0.4) is 0 Å². The number of nitrogens with two attached hydrogens (primary N) is 1. The van der Waals surface area contributed by atoms with E-state index < -0.39 is 0 Å². The van der Waals surface area contributed by atoms with Gasteiger partial charge in [0.05, 0.1) is 0 Å². The molecular weight excluding hydrogens is 216 g/mol. The normalized spacial score (nSPS) is 19.6. The van der Waals surface area contributed by atoms with Crippen molar-refractivity contribution in [1.82, 2.24) is 4.90 Å². The Morgan fingerprint density at radius 3 is 2.76 bits per heavy atom. The molecule has 3 N–H and O–H groups in total. The van der Waals surface area contributed by atoms with Crippen LogP contribution in [0.4, 0.5) is 5.69 Å². The topological polar surface area (TPSA) is 66.6 Å². The molecule has 1 atom stereocenters. The summed E-state index contributed by atoms with van der Waals surface area (Å²) < 4.78 is 0. The highest BCUT2D eigenvalue weighted by Gasteiger charge is 2.26. The van der Waals surface area contributed by atoms with Gasteiger partial charge in [-0.05, 0) is 43.0 Å². The molecule has 0 aliphatic carbocycles. The number of carbonyl (C=O) groups excluding carboxylic acids is 1. The van der Waals surface area contributed by atoms with E-state index in [1.165, 1.54) is 0 Å². The van der Waals surface area contributed by atoms with Crippen molar-refractivity contribution >= 4 is 11.6 Å². The number of carbonyl (C=O) groups is 1. The number of hydrogen-bond acceptors (Lipinski definition) is 3. The molecule has 2 rings (SSSR count). The summed E-state index contributed by atoms with van der Waals surface area (Å²) in [6.45, 7) is 1.74. The summed E-state index contributed by atoms with van der Waals surface area (Å²) in [5.41, 5.74) is 6.94. The maximum atomic E-state index is 12.1. The number of benzene rings is 1. The van der Waals surface area contributed by atoms with E-state index >= 15 is 0 Å². The van der Waals surface area contributed by atoms with Gasteiger partial charge < -0.3 is 15.7 Å². The van der Waals surface area contributed by atoms with Gasteiger partial charge in [-0.3, -0.25) is 4.79 Å².